The minimum Gasteiger partial charge on any atom is -0.490 e. The highest BCUT2D eigenvalue weighted by atomic mass is 35.5. The van der Waals surface area contributed by atoms with Crippen molar-refractivity contribution >= 4 is 17.6 Å². The van der Waals surface area contributed by atoms with E-state index in [1.807, 2.05) is 61.5 Å². The number of rotatable bonds is 12. The van der Waals surface area contributed by atoms with Crippen molar-refractivity contribution in [1.29, 1.82) is 0 Å². The first-order chi connectivity index (χ1) is 15.9. The largest absolute Gasteiger partial charge is 0.490 e. The van der Waals surface area contributed by atoms with Crippen LogP contribution in [0.25, 0.3) is 0 Å². The molecule has 0 fully saturated rings. The van der Waals surface area contributed by atoms with Crippen LogP contribution in [-0.4, -0.2) is 23.8 Å². The molecule has 174 valence electrons. The lowest BCUT2D eigenvalue weighted by Gasteiger charge is -2.19. The molecule has 1 atom stereocenters. The summed E-state index contributed by atoms with van der Waals surface area (Å²) in [5.74, 6) is 1.88. The number of carboxylic acid groups (broad SMARTS) is 1. The van der Waals surface area contributed by atoms with Crippen LogP contribution in [0.3, 0.4) is 0 Å². The lowest BCUT2D eigenvalue weighted by Crippen LogP contribution is -2.19. The van der Waals surface area contributed by atoms with Crippen molar-refractivity contribution in [3.8, 4) is 23.0 Å². The summed E-state index contributed by atoms with van der Waals surface area (Å²) in [5.41, 5.74) is 2.05. The van der Waals surface area contributed by atoms with E-state index in [0.29, 0.717) is 41.7 Å². The molecule has 0 aromatic heterocycles. The maximum Gasteiger partial charge on any atom is 0.303 e. The minimum atomic E-state index is -0.793. The van der Waals surface area contributed by atoms with E-state index in [1.54, 1.807) is 12.1 Å². The summed E-state index contributed by atoms with van der Waals surface area (Å²) >= 11 is 6.15. The normalized spacial score (nSPS) is 11.6. The number of aliphatic carboxylic acids is 1. The third-order valence-corrected chi connectivity index (χ3v) is 5.49. The van der Waals surface area contributed by atoms with Gasteiger partial charge in [0, 0.05) is 23.9 Å². The molecule has 3 rings (SSSR count). The van der Waals surface area contributed by atoms with Gasteiger partial charge in [-0.05, 0) is 67.3 Å². The van der Waals surface area contributed by atoms with Crippen LogP contribution in [0.2, 0.25) is 5.02 Å². The molecule has 1 unspecified atom stereocenters. The number of carboxylic acids is 1. The summed E-state index contributed by atoms with van der Waals surface area (Å²) in [6, 6.07) is 20.6. The molecule has 3 aromatic carbocycles. The Bertz CT molecular complexity index is 1050. The second-order valence-corrected chi connectivity index (χ2v) is 8.21. The van der Waals surface area contributed by atoms with Crippen molar-refractivity contribution in [2.24, 2.45) is 0 Å². The standard InChI is InChI=1S/C27H29ClO5/c1-3-22(32-24-12-9-20(19(2)17-24)10-14-27(29)30)15-16-31-25-13-11-21(28)18-26(25)33-23-7-5-4-6-8-23/h4-9,11-13,17-18,22H,3,10,14-16H2,1-2H3,(H,29,30). The van der Waals surface area contributed by atoms with Crippen molar-refractivity contribution in [1.82, 2.24) is 0 Å². The number of halogens is 1. The van der Waals surface area contributed by atoms with Crippen LogP contribution in [0, 0.1) is 6.92 Å². The van der Waals surface area contributed by atoms with E-state index in [-0.39, 0.29) is 12.5 Å². The molecule has 0 saturated carbocycles. The van der Waals surface area contributed by atoms with Gasteiger partial charge in [0.25, 0.3) is 0 Å². The second-order valence-electron chi connectivity index (χ2n) is 7.77. The van der Waals surface area contributed by atoms with E-state index in [9.17, 15) is 4.79 Å². The average molecular weight is 469 g/mol. The molecule has 0 heterocycles. The smallest absolute Gasteiger partial charge is 0.303 e. The monoisotopic (exact) mass is 468 g/mol. The summed E-state index contributed by atoms with van der Waals surface area (Å²) in [6.07, 6.45) is 2.15. The van der Waals surface area contributed by atoms with Gasteiger partial charge in [-0.1, -0.05) is 42.8 Å². The molecule has 0 radical (unpaired) electrons. The Morgan fingerprint density at radius 2 is 1.79 bits per heavy atom. The van der Waals surface area contributed by atoms with Crippen molar-refractivity contribution in [2.45, 2.75) is 45.6 Å². The Hall–Kier alpha value is -3.18. The van der Waals surface area contributed by atoms with E-state index >= 15 is 0 Å². The Morgan fingerprint density at radius 3 is 2.48 bits per heavy atom. The molecule has 0 bridgehead atoms. The zero-order valence-corrected chi connectivity index (χ0v) is 19.7. The Kier molecular flexibility index (Phi) is 9.02. The van der Waals surface area contributed by atoms with E-state index in [1.165, 1.54) is 0 Å². The number of hydrogen-bond donors (Lipinski definition) is 1. The quantitative estimate of drug-likeness (QED) is 0.307. The molecule has 0 aliphatic heterocycles. The summed E-state index contributed by atoms with van der Waals surface area (Å²) in [5, 5.41) is 9.46. The molecule has 5 nitrogen and oxygen atoms in total. The molecule has 33 heavy (non-hydrogen) atoms. The number of ether oxygens (including phenoxy) is 3. The van der Waals surface area contributed by atoms with Crippen molar-refractivity contribution in [2.75, 3.05) is 6.61 Å². The number of aryl methyl sites for hydroxylation is 2. The predicted octanol–water partition coefficient (Wildman–Crippen LogP) is 7.08. The van der Waals surface area contributed by atoms with Crippen LogP contribution in [-0.2, 0) is 11.2 Å². The van der Waals surface area contributed by atoms with Gasteiger partial charge in [0.2, 0.25) is 0 Å². The van der Waals surface area contributed by atoms with Crippen LogP contribution in [0.15, 0.2) is 66.7 Å². The summed E-state index contributed by atoms with van der Waals surface area (Å²) in [6.45, 7) is 4.51. The van der Waals surface area contributed by atoms with Crippen LogP contribution in [0.1, 0.15) is 37.3 Å². The molecule has 0 amide bonds. The third-order valence-electron chi connectivity index (χ3n) is 5.25. The van der Waals surface area contributed by atoms with E-state index in [0.717, 1.165) is 23.3 Å². The van der Waals surface area contributed by atoms with Crippen LogP contribution >= 0.6 is 11.6 Å². The van der Waals surface area contributed by atoms with Crippen LogP contribution in [0.5, 0.6) is 23.0 Å². The molecule has 6 heteroatoms. The first-order valence-electron chi connectivity index (χ1n) is 11.1. The van der Waals surface area contributed by atoms with E-state index in [4.69, 9.17) is 30.9 Å². The molecular formula is C27H29ClO5. The fourth-order valence-electron chi connectivity index (χ4n) is 3.40. The molecule has 3 aromatic rings. The highest BCUT2D eigenvalue weighted by Crippen LogP contribution is 2.34. The lowest BCUT2D eigenvalue weighted by atomic mass is 10.0. The van der Waals surface area contributed by atoms with Gasteiger partial charge in [-0.2, -0.15) is 0 Å². The highest BCUT2D eigenvalue weighted by molar-refractivity contribution is 6.30. The highest BCUT2D eigenvalue weighted by Gasteiger charge is 2.13. The second kappa shape index (κ2) is 12.2. The van der Waals surface area contributed by atoms with Gasteiger partial charge in [0.15, 0.2) is 11.5 Å². The molecule has 0 aliphatic rings. The van der Waals surface area contributed by atoms with Crippen molar-refractivity contribution in [3.63, 3.8) is 0 Å². The van der Waals surface area contributed by atoms with Crippen molar-refractivity contribution in [3.05, 3.63) is 82.9 Å². The average Bonchev–Trinajstić information content (AvgIpc) is 2.79. The van der Waals surface area contributed by atoms with Crippen molar-refractivity contribution < 1.29 is 24.1 Å². The first kappa shape index (κ1) is 24.5. The number of hydrogen-bond acceptors (Lipinski definition) is 4. The number of carbonyl (C=O) groups is 1. The van der Waals surface area contributed by atoms with Gasteiger partial charge in [0.1, 0.15) is 17.6 Å². The fraction of sp³-hybridized carbons (Fsp3) is 0.296. The van der Waals surface area contributed by atoms with E-state index in [2.05, 4.69) is 6.92 Å². The van der Waals surface area contributed by atoms with Crippen LogP contribution in [0.4, 0.5) is 0 Å². The molecule has 0 aliphatic carbocycles. The summed E-state index contributed by atoms with van der Waals surface area (Å²) in [7, 11) is 0. The van der Waals surface area contributed by atoms with E-state index < -0.39 is 5.97 Å². The number of para-hydroxylation sites is 1. The van der Waals surface area contributed by atoms with Crippen LogP contribution < -0.4 is 14.2 Å². The summed E-state index contributed by atoms with van der Waals surface area (Å²) < 4.78 is 18.1. The SMILES string of the molecule is CCC(CCOc1ccc(Cl)cc1Oc1ccccc1)Oc1ccc(CCC(=O)O)c(C)c1. The van der Waals surface area contributed by atoms with Gasteiger partial charge in [-0.15, -0.1) is 0 Å². The van der Waals surface area contributed by atoms with Gasteiger partial charge in [-0.25, -0.2) is 0 Å². The Balaban J connectivity index is 1.57. The lowest BCUT2D eigenvalue weighted by molar-refractivity contribution is -0.136. The molecule has 0 saturated heterocycles. The topological polar surface area (TPSA) is 65.0 Å². The first-order valence-corrected chi connectivity index (χ1v) is 11.5. The molecule has 1 N–H and O–H groups in total. The zero-order valence-electron chi connectivity index (χ0n) is 18.9. The maximum atomic E-state index is 10.8. The minimum absolute atomic E-state index is 0.0138. The third kappa shape index (κ3) is 7.72. The fourth-order valence-corrected chi connectivity index (χ4v) is 3.56. The Morgan fingerprint density at radius 1 is 1.00 bits per heavy atom. The Labute approximate surface area is 199 Å². The number of benzene rings is 3. The van der Waals surface area contributed by atoms with Gasteiger partial charge >= 0.3 is 5.97 Å². The van der Waals surface area contributed by atoms with Gasteiger partial charge < -0.3 is 19.3 Å². The van der Waals surface area contributed by atoms with Gasteiger partial charge in [-0.3, -0.25) is 4.79 Å². The molecular weight excluding hydrogens is 440 g/mol. The predicted molar refractivity (Wildman–Crippen MR) is 130 cm³/mol. The zero-order chi connectivity index (χ0) is 23.6. The van der Waals surface area contributed by atoms with Gasteiger partial charge in [0.05, 0.1) is 6.61 Å². The molecule has 0 spiro atoms. The maximum absolute atomic E-state index is 10.8. The summed E-state index contributed by atoms with van der Waals surface area (Å²) in [4.78, 5) is 10.8.